The molecule has 0 aliphatic heterocycles. The maximum Gasteiger partial charge on any atom is 0.134 e. The lowest BCUT2D eigenvalue weighted by Crippen LogP contribution is -2.18. The van der Waals surface area contributed by atoms with Crippen LogP contribution in [0.5, 0.6) is 5.75 Å². The van der Waals surface area contributed by atoms with E-state index < -0.39 is 0 Å². The van der Waals surface area contributed by atoms with Gasteiger partial charge in [0.25, 0.3) is 0 Å². The standard InChI is InChI=1S/C15H15ClFNO/c1-10(12-3-2-4-13(17)8-12)18-9-11-5-6-15(19)14(16)7-11/h2-8,10,18-19H,9H2,1H3/t10-/m0/s1. The van der Waals surface area contributed by atoms with Crippen LogP contribution in [0.1, 0.15) is 24.1 Å². The average molecular weight is 280 g/mol. The van der Waals surface area contributed by atoms with Crippen LogP contribution in [0.4, 0.5) is 4.39 Å². The molecule has 19 heavy (non-hydrogen) atoms. The number of benzene rings is 2. The van der Waals surface area contributed by atoms with E-state index in [1.807, 2.05) is 13.0 Å². The minimum Gasteiger partial charge on any atom is -0.506 e. The molecule has 2 N–H and O–H groups in total. The second kappa shape index (κ2) is 6.04. The minimum atomic E-state index is -0.237. The maximum absolute atomic E-state index is 13.1. The van der Waals surface area contributed by atoms with Gasteiger partial charge in [-0.25, -0.2) is 4.39 Å². The van der Waals surface area contributed by atoms with E-state index in [4.69, 9.17) is 11.6 Å². The molecule has 0 aliphatic carbocycles. The van der Waals surface area contributed by atoms with Gasteiger partial charge < -0.3 is 10.4 Å². The highest BCUT2D eigenvalue weighted by Gasteiger charge is 2.06. The number of phenolic OH excluding ortho intramolecular Hbond substituents is 1. The first-order valence-electron chi connectivity index (χ1n) is 6.02. The molecule has 0 saturated carbocycles. The maximum atomic E-state index is 13.1. The molecular weight excluding hydrogens is 265 g/mol. The fourth-order valence-electron chi connectivity index (χ4n) is 1.83. The van der Waals surface area contributed by atoms with E-state index >= 15 is 0 Å². The SMILES string of the molecule is C[C@H](NCc1ccc(O)c(Cl)c1)c1cccc(F)c1. The van der Waals surface area contributed by atoms with Crippen LogP contribution in [0.2, 0.25) is 5.02 Å². The molecule has 0 aromatic heterocycles. The van der Waals surface area contributed by atoms with Crippen LogP contribution in [-0.2, 0) is 6.54 Å². The highest BCUT2D eigenvalue weighted by Crippen LogP contribution is 2.24. The Kier molecular flexibility index (Phi) is 4.40. The molecule has 0 saturated heterocycles. The second-order valence-corrected chi connectivity index (χ2v) is 4.85. The Hall–Kier alpha value is -1.58. The number of halogens is 2. The number of hydrogen-bond donors (Lipinski definition) is 2. The lowest BCUT2D eigenvalue weighted by Gasteiger charge is -2.14. The molecule has 2 nitrogen and oxygen atoms in total. The average Bonchev–Trinajstić information content (AvgIpc) is 2.40. The van der Waals surface area contributed by atoms with E-state index in [-0.39, 0.29) is 17.6 Å². The summed E-state index contributed by atoms with van der Waals surface area (Å²) in [6, 6.07) is 11.6. The molecule has 0 unspecified atom stereocenters. The van der Waals surface area contributed by atoms with Crippen LogP contribution in [0.3, 0.4) is 0 Å². The van der Waals surface area contributed by atoms with E-state index in [1.54, 1.807) is 24.3 Å². The summed E-state index contributed by atoms with van der Waals surface area (Å²) in [5.41, 5.74) is 1.86. The summed E-state index contributed by atoms with van der Waals surface area (Å²) in [6.07, 6.45) is 0. The van der Waals surface area contributed by atoms with E-state index in [2.05, 4.69) is 5.32 Å². The summed E-state index contributed by atoms with van der Waals surface area (Å²) < 4.78 is 13.1. The predicted octanol–water partition coefficient (Wildman–Crippen LogP) is 4.04. The van der Waals surface area contributed by atoms with Crippen LogP contribution in [0, 0.1) is 5.82 Å². The zero-order chi connectivity index (χ0) is 13.8. The molecule has 0 amide bonds. The number of phenols is 1. The Labute approximate surface area is 116 Å². The highest BCUT2D eigenvalue weighted by molar-refractivity contribution is 6.32. The van der Waals surface area contributed by atoms with Crippen LogP contribution >= 0.6 is 11.6 Å². The van der Waals surface area contributed by atoms with Gasteiger partial charge in [0.15, 0.2) is 0 Å². The van der Waals surface area contributed by atoms with E-state index in [0.29, 0.717) is 11.6 Å². The van der Waals surface area contributed by atoms with E-state index in [1.165, 1.54) is 12.1 Å². The van der Waals surface area contributed by atoms with Gasteiger partial charge in [-0.3, -0.25) is 0 Å². The molecular formula is C15H15ClFNO. The number of aromatic hydroxyl groups is 1. The molecule has 0 bridgehead atoms. The van der Waals surface area contributed by atoms with Crippen molar-refractivity contribution < 1.29 is 9.50 Å². The van der Waals surface area contributed by atoms with Crippen molar-refractivity contribution in [2.45, 2.75) is 19.5 Å². The highest BCUT2D eigenvalue weighted by atomic mass is 35.5. The Bertz CT molecular complexity index is 574. The van der Waals surface area contributed by atoms with Gasteiger partial charge in [-0.15, -0.1) is 0 Å². The molecule has 1 atom stereocenters. The van der Waals surface area contributed by atoms with Crippen LogP contribution in [-0.4, -0.2) is 5.11 Å². The van der Waals surface area contributed by atoms with Gasteiger partial charge in [0.1, 0.15) is 11.6 Å². The number of rotatable bonds is 4. The monoisotopic (exact) mass is 279 g/mol. The van der Waals surface area contributed by atoms with E-state index in [0.717, 1.165) is 11.1 Å². The first-order chi connectivity index (χ1) is 9.06. The quantitative estimate of drug-likeness (QED) is 0.885. The molecule has 0 spiro atoms. The summed E-state index contributed by atoms with van der Waals surface area (Å²) in [5.74, 6) is -0.164. The second-order valence-electron chi connectivity index (χ2n) is 4.44. The third-order valence-corrected chi connectivity index (χ3v) is 3.28. The first-order valence-corrected chi connectivity index (χ1v) is 6.40. The molecule has 0 radical (unpaired) electrons. The predicted molar refractivity (Wildman–Crippen MR) is 74.8 cm³/mol. The largest absolute Gasteiger partial charge is 0.506 e. The zero-order valence-electron chi connectivity index (χ0n) is 10.5. The first kappa shape index (κ1) is 13.8. The van der Waals surface area contributed by atoms with Crippen molar-refractivity contribution in [3.8, 4) is 5.75 Å². The van der Waals surface area contributed by atoms with Gasteiger partial charge in [-0.1, -0.05) is 29.8 Å². The molecule has 0 aliphatic rings. The summed E-state index contributed by atoms with van der Waals surface area (Å²) in [4.78, 5) is 0. The van der Waals surface area contributed by atoms with Crippen molar-refractivity contribution in [1.29, 1.82) is 0 Å². The van der Waals surface area contributed by atoms with Crippen LogP contribution in [0.25, 0.3) is 0 Å². The molecule has 0 fully saturated rings. The van der Waals surface area contributed by atoms with Crippen LogP contribution in [0.15, 0.2) is 42.5 Å². The topological polar surface area (TPSA) is 32.3 Å². The van der Waals surface area contributed by atoms with Crippen molar-refractivity contribution in [3.63, 3.8) is 0 Å². The van der Waals surface area contributed by atoms with Gasteiger partial charge >= 0.3 is 0 Å². The van der Waals surface area contributed by atoms with Crippen molar-refractivity contribution in [3.05, 3.63) is 64.4 Å². The Morgan fingerprint density at radius 2 is 2.05 bits per heavy atom. The van der Waals surface area contributed by atoms with Gasteiger partial charge in [-0.05, 0) is 42.3 Å². The van der Waals surface area contributed by atoms with E-state index in [9.17, 15) is 9.50 Å². The van der Waals surface area contributed by atoms with Crippen molar-refractivity contribution in [1.82, 2.24) is 5.32 Å². The Balaban J connectivity index is 2.00. The number of nitrogens with one attached hydrogen (secondary N) is 1. The summed E-state index contributed by atoms with van der Waals surface area (Å²) in [6.45, 7) is 2.56. The minimum absolute atomic E-state index is 0.0308. The normalized spacial score (nSPS) is 12.4. The smallest absolute Gasteiger partial charge is 0.134 e. The van der Waals surface area contributed by atoms with Crippen LogP contribution < -0.4 is 5.32 Å². The molecule has 2 aromatic rings. The molecule has 100 valence electrons. The molecule has 4 heteroatoms. The lowest BCUT2D eigenvalue weighted by molar-refractivity contribution is 0.475. The third-order valence-electron chi connectivity index (χ3n) is 2.97. The fourth-order valence-corrected chi connectivity index (χ4v) is 2.03. The zero-order valence-corrected chi connectivity index (χ0v) is 11.3. The lowest BCUT2D eigenvalue weighted by atomic mass is 10.1. The molecule has 2 aromatic carbocycles. The van der Waals surface area contributed by atoms with Crippen molar-refractivity contribution in [2.24, 2.45) is 0 Å². The van der Waals surface area contributed by atoms with Gasteiger partial charge in [0, 0.05) is 12.6 Å². The molecule has 2 rings (SSSR count). The van der Waals surface area contributed by atoms with Gasteiger partial charge in [-0.2, -0.15) is 0 Å². The number of hydrogen-bond acceptors (Lipinski definition) is 2. The van der Waals surface area contributed by atoms with Crippen molar-refractivity contribution in [2.75, 3.05) is 0 Å². The van der Waals surface area contributed by atoms with Crippen molar-refractivity contribution >= 4 is 11.6 Å². The summed E-state index contributed by atoms with van der Waals surface area (Å²) in [5, 5.41) is 12.9. The summed E-state index contributed by atoms with van der Waals surface area (Å²) in [7, 11) is 0. The van der Waals surface area contributed by atoms with Gasteiger partial charge in [0.05, 0.1) is 5.02 Å². The fraction of sp³-hybridized carbons (Fsp3) is 0.200. The Morgan fingerprint density at radius 1 is 1.26 bits per heavy atom. The summed E-state index contributed by atoms with van der Waals surface area (Å²) >= 11 is 5.84. The van der Waals surface area contributed by atoms with Gasteiger partial charge in [0.2, 0.25) is 0 Å². The third kappa shape index (κ3) is 3.69. The Morgan fingerprint density at radius 3 is 2.74 bits per heavy atom. The molecule has 0 heterocycles.